The minimum absolute atomic E-state index is 0.0709. The van der Waals surface area contributed by atoms with Crippen LogP contribution in [0.3, 0.4) is 0 Å². The third-order valence-corrected chi connectivity index (χ3v) is 6.39. The van der Waals surface area contributed by atoms with Crippen LogP contribution in [0.1, 0.15) is 27.2 Å². The van der Waals surface area contributed by atoms with Gasteiger partial charge >= 0.3 is 0 Å². The summed E-state index contributed by atoms with van der Waals surface area (Å²) in [6.07, 6.45) is 2.20. The normalized spacial score (nSPS) is 10.8. The molecule has 0 saturated heterocycles. The summed E-state index contributed by atoms with van der Waals surface area (Å²) < 4.78 is 0. The summed E-state index contributed by atoms with van der Waals surface area (Å²) in [6, 6.07) is 16.0. The molecule has 0 aliphatic heterocycles. The van der Waals surface area contributed by atoms with Crippen molar-refractivity contribution in [2.75, 3.05) is 6.54 Å². The van der Waals surface area contributed by atoms with Crippen LogP contribution in [0.15, 0.2) is 65.4 Å². The molecular weight excluding hydrogens is 414 g/mol. The van der Waals surface area contributed by atoms with Gasteiger partial charge in [-0.05, 0) is 24.6 Å². The molecule has 2 heterocycles. The molecule has 0 spiro atoms. The number of thioether (sulfide) groups is 1. The van der Waals surface area contributed by atoms with Crippen LogP contribution in [0.5, 0.6) is 0 Å². The Labute approximate surface area is 183 Å². The number of amides is 1. The number of rotatable bonds is 8. The van der Waals surface area contributed by atoms with Crippen molar-refractivity contribution in [3.05, 3.63) is 82.6 Å². The first-order valence-electron chi connectivity index (χ1n) is 9.54. The van der Waals surface area contributed by atoms with E-state index in [9.17, 15) is 4.79 Å². The zero-order valence-electron chi connectivity index (χ0n) is 16.5. The Morgan fingerprint density at radius 3 is 2.67 bits per heavy atom. The Balaban J connectivity index is 1.25. The van der Waals surface area contributed by atoms with Crippen LogP contribution in [0.25, 0.3) is 10.6 Å². The summed E-state index contributed by atoms with van der Waals surface area (Å²) in [7, 11) is 0. The Hall–Kier alpha value is -2.97. The highest BCUT2D eigenvalue weighted by Crippen LogP contribution is 2.24. The van der Waals surface area contributed by atoms with Crippen molar-refractivity contribution < 1.29 is 4.79 Å². The summed E-state index contributed by atoms with van der Waals surface area (Å²) in [5.41, 5.74) is 5.14. The van der Waals surface area contributed by atoms with E-state index >= 15 is 0 Å². The maximum atomic E-state index is 12.4. The molecule has 2 aromatic heterocycles. The minimum Gasteiger partial charge on any atom is -0.352 e. The van der Waals surface area contributed by atoms with Gasteiger partial charge in [0, 0.05) is 35.2 Å². The second-order valence-corrected chi connectivity index (χ2v) is 8.61. The summed E-state index contributed by atoms with van der Waals surface area (Å²) in [5.74, 6) is 0.697. The lowest BCUT2D eigenvalue weighted by molar-refractivity contribution is 0.0954. The Morgan fingerprint density at radius 1 is 1.13 bits per heavy atom. The highest BCUT2D eigenvalue weighted by Gasteiger charge is 2.08. The third kappa shape index (κ3) is 5.34. The standard InChI is InChI=1S/C22H21N5OS2/c1-15-2-6-18(7-3-15)21-26-19(13-29-21)10-11-23-20(28)17-8-4-16(5-9-17)12-30-22-24-14-25-27-22/h2-9,13-14H,10-12H2,1H3,(H,23,28)(H,24,25,27). The number of aromatic amines is 1. The summed E-state index contributed by atoms with van der Waals surface area (Å²) in [5, 5.41) is 13.5. The second-order valence-electron chi connectivity index (χ2n) is 6.79. The van der Waals surface area contributed by atoms with E-state index in [1.165, 1.54) is 11.9 Å². The number of nitrogens with zero attached hydrogens (tertiary/aromatic N) is 3. The van der Waals surface area contributed by atoms with Crippen molar-refractivity contribution in [1.82, 2.24) is 25.5 Å². The number of benzene rings is 2. The Kier molecular flexibility index (Phi) is 6.56. The second kappa shape index (κ2) is 9.69. The molecule has 6 nitrogen and oxygen atoms in total. The molecule has 30 heavy (non-hydrogen) atoms. The molecule has 8 heteroatoms. The van der Waals surface area contributed by atoms with Gasteiger partial charge in [-0.3, -0.25) is 9.89 Å². The smallest absolute Gasteiger partial charge is 0.251 e. The van der Waals surface area contributed by atoms with Gasteiger partial charge in [-0.1, -0.05) is 53.7 Å². The predicted octanol–water partition coefficient (Wildman–Crippen LogP) is 4.50. The highest BCUT2D eigenvalue weighted by atomic mass is 32.2. The number of hydrogen-bond donors (Lipinski definition) is 2. The lowest BCUT2D eigenvalue weighted by Gasteiger charge is -2.05. The molecule has 1 amide bonds. The zero-order chi connectivity index (χ0) is 20.8. The molecule has 0 fully saturated rings. The number of carbonyl (C=O) groups is 1. The predicted molar refractivity (Wildman–Crippen MR) is 121 cm³/mol. The van der Waals surface area contributed by atoms with Gasteiger partial charge < -0.3 is 5.32 Å². The average molecular weight is 436 g/mol. The van der Waals surface area contributed by atoms with E-state index in [0.717, 1.165) is 32.7 Å². The molecule has 0 bridgehead atoms. The molecule has 152 valence electrons. The van der Waals surface area contributed by atoms with Gasteiger partial charge in [-0.15, -0.1) is 11.3 Å². The van der Waals surface area contributed by atoms with Gasteiger partial charge in [0.15, 0.2) is 5.16 Å². The lowest BCUT2D eigenvalue weighted by atomic mass is 10.1. The first-order chi connectivity index (χ1) is 14.7. The Morgan fingerprint density at radius 2 is 1.93 bits per heavy atom. The van der Waals surface area contributed by atoms with Crippen molar-refractivity contribution >= 4 is 29.0 Å². The van der Waals surface area contributed by atoms with E-state index in [1.807, 2.05) is 24.3 Å². The highest BCUT2D eigenvalue weighted by molar-refractivity contribution is 7.98. The van der Waals surface area contributed by atoms with Crippen LogP contribution in [0.2, 0.25) is 0 Å². The minimum atomic E-state index is -0.0709. The summed E-state index contributed by atoms with van der Waals surface area (Å²) in [4.78, 5) is 21.2. The Bertz CT molecular complexity index is 1090. The van der Waals surface area contributed by atoms with Crippen LogP contribution >= 0.6 is 23.1 Å². The van der Waals surface area contributed by atoms with Crippen LogP contribution in [0, 0.1) is 6.92 Å². The van der Waals surface area contributed by atoms with E-state index in [4.69, 9.17) is 0 Å². The monoisotopic (exact) mass is 435 g/mol. The number of thiazole rings is 1. The molecule has 0 saturated carbocycles. The van der Waals surface area contributed by atoms with E-state index in [1.54, 1.807) is 23.1 Å². The van der Waals surface area contributed by atoms with E-state index in [0.29, 0.717) is 18.5 Å². The molecule has 0 aliphatic rings. The molecule has 4 aromatic rings. The molecule has 0 atom stereocenters. The zero-order valence-corrected chi connectivity index (χ0v) is 18.1. The van der Waals surface area contributed by atoms with E-state index in [2.05, 4.69) is 62.1 Å². The van der Waals surface area contributed by atoms with Crippen molar-refractivity contribution in [2.24, 2.45) is 0 Å². The molecule has 0 unspecified atom stereocenters. The summed E-state index contributed by atoms with van der Waals surface area (Å²) >= 11 is 3.20. The number of nitrogens with one attached hydrogen (secondary N) is 2. The van der Waals surface area contributed by atoms with Gasteiger partial charge in [-0.25, -0.2) is 9.97 Å². The largest absolute Gasteiger partial charge is 0.352 e. The van der Waals surface area contributed by atoms with Crippen LogP contribution in [-0.4, -0.2) is 32.6 Å². The quantitative estimate of drug-likeness (QED) is 0.398. The maximum absolute atomic E-state index is 12.4. The number of carbonyl (C=O) groups excluding carboxylic acids is 1. The van der Waals surface area contributed by atoms with E-state index < -0.39 is 0 Å². The lowest BCUT2D eigenvalue weighted by Crippen LogP contribution is -2.25. The first-order valence-corrected chi connectivity index (χ1v) is 11.4. The molecule has 0 aliphatic carbocycles. The first kappa shape index (κ1) is 20.3. The van der Waals surface area contributed by atoms with Crippen LogP contribution in [-0.2, 0) is 12.2 Å². The van der Waals surface area contributed by atoms with Crippen molar-refractivity contribution in [3.63, 3.8) is 0 Å². The fraction of sp³-hybridized carbons (Fsp3) is 0.182. The molecule has 4 rings (SSSR count). The summed E-state index contributed by atoms with van der Waals surface area (Å²) in [6.45, 7) is 2.63. The maximum Gasteiger partial charge on any atom is 0.251 e. The SMILES string of the molecule is Cc1ccc(-c2nc(CCNC(=O)c3ccc(CSc4ncn[nH]4)cc3)cs2)cc1. The number of aryl methyl sites for hydroxylation is 1. The van der Waals surface area contributed by atoms with Crippen molar-refractivity contribution in [3.8, 4) is 10.6 Å². The van der Waals surface area contributed by atoms with E-state index in [-0.39, 0.29) is 5.91 Å². The van der Waals surface area contributed by atoms with Gasteiger partial charge in [-0.2, -0.15) is 5.10 Å². The molecule has 0 radical (unpaired) electrons. The fourth-order valence-electron chi connectivity index (χ4n) is 2.82. The van der Waals surface area contributed by atoms with Crippen LogP contribution in [0.4, 0.5) is 0 Å². The van der Waals surface area contributed by atoms with Crippen molar-refractivity contribution in [2.45, 2.75) is 24.3 Å². The molecule has 2 aromatic carbocycles. The topological polar surface area (TPSA) is 83.6 Å². The number of hydrogen-bond acceptors (Lipinski definition) is 6. The molecular formula is C22H21N5OS2. The fourth-order valence-corrected chi connectivity index (χ4v) is 4.42. The van der Waals surface area contributed by atoms with Gasteiger partial charge in [0.2, 0.25) is 0 Å². The van der Waals surface area contributed by atoms with Gasteiger partial charge in [0.05, 0.1) is 5.69 Å². The van der Waals surface area contributed by atoms with Gasteiger partial charge in [0.25, 0.3) is 5.91 Å². The van der Waals surface area contributed by atoms with Crippen molar-refractivity contribution in [1.29, 1.82) is 0 Å². The number of aromatic nitrogens is 4. The van der Waals surface area contributed by atoms with Gasteiger partial charge in [0.1, 0.15) is 11.3 Å². The van der Waals surface area contributed by atoms with Crippen LogP contribution < -0.4 is 5.32 Å². The third-order valence-electron chi connectivity index (χ3n) is 4.50. The molecule has 2 N–H and O–H groups in total. The average Bonchev–Trinajstić information content (AvgIpc) is 3.45. The number of H-pyrrole nitrogens is 1.